The average Bonchev–Trinajstić information content (AvgIpc) is 3.71. The molecule has 4 aliphatic heterocycles. The lowest BCUT2D eigenvalue weighted by Crippen LogP contribution is -2.44. The van der Waals surface area contributed by atoms with Crippen molar-refractivity contribution in [2.45, 2.75) is 82.1 Å². The number of anilines is 2. The molecule has 61 heavy (non-hydrogen) atoms. The maximum Gasteiger partial charge on any atom is 0.433 e. The Hall–Kier alpha value is -5.55. The van der Waals surface area contributed by atoms with Gasteiger partial charge in [-0.25, -0.2) is 9.78 Å². The van der Waals surface area contributed by atoms with E-state index in [0.717, 1.165) is 92.5 Å². The molecule has 322 valence electrons. The molecule has 5 aliphatic rings. The van der Waals surface area contributed by atoms with Crippen molar-refractivity contribution < 1.29 is 37.1 Å². The average molecular weight is 843 g/mol. The first kappa shape index (κ1) is 40.8. The van der Waals surface area contributed by atoms with Gasteiger partial charge in [0, 0.05) is 51.3 Å². The normalized spacial score (nSPS) is 23.1. The summed E-state index contributed by atoms with van der Waals surface area (Å²) in [4.78, 5) is 75.4. The standard InChI is InChI=1S/C44H49F3N8O6/c1-51-39-30(4-2-6-34(39)55(43(51)60)35-12-13-38(56)50-41(35)58)27-14-16-52(17-15-27)24-26-8-10-29(11-9-26)54-25-28-22-33(36(23-31(28)42(54)59)53-18-20-61-21-19-53)49-40(57)32-5-3-7-37(48-32)44(45,46)47/h2-7,22-23,26-27,29,35H,8-21,24-25H2,1H3,(H,49,57)(H,50,56,58). The van der Waals surface area contributed by atoms with E-state index in [0.29, 0.717) is 62.1 Å². The van der Waals surface area contributed by atoms with Crippen molar-refractivity contribution in [1.82, 2.24) is 29.2 Å². The first-order valence-electron chi connectivity index (χ1n) is 21.3. The van der Waals surface area contributed by atoms with Crippen LogP contribution < -0.4 is 21.2 Å². The number of fused-ring (bicyclic) bond motifs is 2. The zero-order valence-corrected chi connectivity index (χ0v) is 34.0. The molecule has 4 amide bonds. The van der Waals surface area contributed by atoms with Crippen LogP contribution in [0.4, 0.5) is 24.5 Å². The van der Waals surface area contributed by atoms with Gasteiger partial charge in [0.2, 0.25) is 11.8 Å². The highest BCUT2D eigenvalue weighted by Crippen LogP contribution is 2.40. The number of pyridine rings is 1. The Morgan fingerprint density at radius 3 is 2.38 bits per heavy atom. The number of rotatable bonds is 8. The molecule has 2 aromatic heterocycles. The fourth-order valence-corrected chi connectivity index (χ4v) is 10.2. The summed E-state index contributed by atoms with van der Waals surface area (Å²) in [5.74, 6) is -0.813. The number of hydrogen-bond acceptors (Lipinski definition) is 9. The predicted molar refractivity (Wildman–Crippen MR) is 219 cm³/mol. The van der Waals surface area contributed by atoms with E-state index >= 15 is 0 Å². The van der Waals surface area contributed by atoms with E-state index < -0.39 is 29.7 Å². The number of para-hydroxylation sites is 1. The third kappa shape index (κ3) is 7.93. The minimum atomic E-state index is -4.69. The number of alkyl halides is 3. The third-order valence-corrected chi connectivity index (χ3v) is 13.4. The highest BCUT2D eigenvalue weighted by Gasteiger charge is 2.38. The van der Waals surface area contributed by atoms with Crippen molar-refractivity contribution in [3.63, 3.8) is 0 Å². The number of ether oxygens (including phenoxy) is 1. The summed E-state index contributed by atoms with van der Waals surface area (Å²) in [5.41, 5.74) is 3.29. The lowest BCUT2D eigenvalue weighted by atomic mass is 9.83. The molecular formula is C44H49F3N8O6. The minimum Gasteiger partial charge on any atom is -0.378 e. The number of nitrogens with zero attached hydrogens (tertiary/aromatic N) is 6. The van der Waals surface area contributed by atoms with E-state index in [1.807, 2.05) is 21.9 Å². The molecule has 1 unspecified atom stereocenters. The van der Waals surface area contributed by atoms with E-state index in [1.54, 1.807) is 28.3 Å². The number of piperidine rings is 2. The molecule has 14 nitrogen and oxygen atoms in total. The van der Waals surface area contributed by atoms with Crippen LogP contribution in [0.1, 0.15) is 101 Å². The van der Waals surface area contributed by atoms with Gasteiger partial charge in [-0.15, -0.1) is 0 Å². The number of carbonyl (C=O) groups excluding carboxylic acids is 4. The topological polar surface area (TPSA) is 151 Å². The second-order valence-electron chi connectivity index (χ2n) is 17.1. The lowest BCUT2D eigenvalue weighted by Gasteiger charge is -2.38. The van der Waals surface area contributed by atoms with Crippen molar-refractivity contribution in [2.24, 2.45) is 13.0 Å². The Bertz CT molecular complexity index is 2440. The van der Waals surface area contributed by atoms with Crippen LogP contribution in [0.3, 0.4) is 0 Å². The van der Waals surface area contributed by atoms with Gasteiger partial charge in [0.1, 0.15) is 17.4 Å². The molecule has 1 atom stereocenters. The second-order valence-corrected chi connectivity index (χ2v) is 17.1. The highest BCUT2D eigenvalue weighted by molar-refractivity contribution is 6.07. The quantitative estimate of drug-likeness (QED) is 0.228. The fourth-order valence-electron chi connectivity index (χ4n) is 10.2. The largest absolute Gasteiger partial charge is 0.433 e. The van der Waals surface area contributed by atoms with Crippen LogP contribution in [-0.4, -0.2) is 99.5 Å². The van der Waals surface area contributed by atoms with Gasteiger partial charge < -0.3 is 24.8 Å². The van der Waals surface area contributed by atoms with Gasteiger partial charge in [-0.05, 0) is 111 Å². The Morgan fingerprint density at radius 2 is 1.66 bits per heavy atom. The van der Waals surface area contributed by atoms with Crippen LogP contribution in [0.2, 0.25) is 0 Å². The van der Waals surface area contributed by atoms with Gasteiger partial charge >= 0.3 is 11.9 Å². The Balaban J connectivity index is 0.826. The monoisotopic (exact) mass is 842 g/mol. The van der Waals surface area contributed by atoms with E-state index in [2.05, 4.69) is 26.6 Å². The molecule has 0 bridgehead atoms. The molecule has 2 aromatic carbocycles. The molecule has 6 heterocycles. The maximum atomic E-state index is 14.0. The van der Waals surface area contributed by atoms with Gasteiger partial charge in [-0.2, -0.15) is 13.2 Å². The number of imidazole rings is 1. The molecule has 9 rings (SSSR count). The minimum absolute atomic E-state index is 0.0487. The number of halogens is 3. The van der Waals surface area contributed by atoms with Crippen LogP contribution in [0.5, 0.6) is 0 Å². The molecule has 3 saturated heterocycles. The summed E-state index contributed by atoms with van der Waals surface area (Å²) in [7, 11) is 1.75. The number of morpholine rings is 1. The summed E-state index contributed by atoms with van der Waals surface area (Å²) >= 11 is 0. The molecule has 2 N–H and O–H groups in total. The number of aromatic nitrogens is 3. The number of imide groups is 1. The summed E-state index contributed by atoms with van der Waals surface area (Å²) in [6.07, 6.45) is 1.42. The van der Waals surface area contributed by atoms with Gasteiger partial charge in [0.25, 0.3) is 11.8 Å². The van der Waals surface area contributed by atoms with Crippen LogP contribution >= 0.6 is 0 Å². The summed E-state index contributed by atoms with van der Waals surface area (Å²) in [6.45, 7) is 5.20. The summed E-state index contributed by atoms with van der Waals surface area (Å²) < 4.78 is 48.9. The zero-order valence-electron chi connectivity index (χ0n) is 34.0. The van der Waals surface area contributed by atoms with Crippen molar-refractivity contribution >= 4 is 46.0 Å². The number of aryl methyl sites for hydroxylation is 1. The van der Waals surface area contributed by atoms with Gasteiger partial charge in [0.15, 0.2) is 0 Å². The molecule has 1 saturated carbocycles. The van der Waals surface area contributed by atoms with Crippen LogP contribution in [-0.2, 0) is 34.1 Å². The first-order valence-corrected chi connectivity index (χ1v) is 21.3. The van der Waals surface area contributed by atoms with Gasteiger partial charge in [-0.3, -0.25) is 33.6 Å². The number of nitrogens with one attached hydrogen (secondary N) is 2. The van der Waals surface area contributed by atoms with Gasteiger partial charge in [0.05, 0.1) is 35.6 Å². The molecule has 17 heteroatoms. The van der Waals surface area contributed by atoms with E-state index in [4.69, 9.17) is 4.74 Å². The lowest BCUT2D eigenvalue weighted by molar-refractivity contribution is -0.141. The van der Waals surface area contributed by atoms with Crippen molar-refractivity contribution in [1.29, 1.82) is 0 Å². The van der Waals surface area contributed by atoms with Crippen molar-refractivity contribution in [3.05, 3.63) is 87.1 Å². The zero-order chi connectivity index (χ0) is 42.6. The molecule has 1 aliphatic carbocycles. The highest BCUT2D eigenvalue weighted by atomic mass is 19.4. The van der Waals surface area contributed by atoms with Gasteiger partial charge in [-0.1, -0.05) is 18.2 Å². The number of amides is 4. The fraction of sp³-hybridized carbons (Fsp3) is 0.500. The van der Waals surface area contributed by atoms with Crippen LogP contribution in [0.25, 0.3) is 11.0 Å². The smallest absolute Gasteiger partial charge is 0.378 e. The molecule has 0 radical (unpaired) electrons. The Labute approximate surface area is 350 Å². The van der Waals surface area contributed by atoms with E-state index in [9.17, 15) is 37.1 Å². The molecule has 0 spiro atoms. The Morgan fingerprint density at radius 1 is 0.918 bits per heavy atom. The summed E-state index contributed by atoms with van der Waals surface area (Å²) in [5, 5.41) is 5.19. The second kappa shape index (κ2) is 16.4. The summed E-state index contributed by atoms with van der Waals surface area (Å²) in [6, 6.07) is 12.1. The number of likely N-dealkylation sites (tertiary alicyclic amines) is 1. The molecular weight excluding hydrogens is 794 g/mol. The molecule has 4 fully saturated rings. The Kier molecular flexibility index (Phi) is 11.0. The van der Waals surface area contributed by atoms with Crippen molar-refractivity contribution in [3.8, 4) is 0 Å². The first-order chi connectivity index (χ1) is 29.3. The maximum absolute atomic E-state index is 14.0. The third-order valence-electron chi connectivity index (χ3n) is 13.4. The number of carbonyl (C=O) groups is 4. The number of hydrogen-bond donors (Lipinski definition) is 2. The van der Waals surface area contributed by atoms with Crippen LogP contribution in [0, 0.1) is 5.92 Å². The van der Waals surface area contributed by atoms with Crippen molar-refractivity contribution in [2.75, 3.05) is 56.2 Å². The van der Waals surface area contributed by atoms with E-state index in [-0.39, 0.29) is 41.6 Å². The van der Waals surface area contributed by atoms with E-state index in [1.165, 1.54) is 6.07 Å². The predicted octanol–water partition coefficient (Wildman–Crippen LogP) is 5.21. The number of benzene rings is 2. The SMILES string of the molecule is Cn1c(=O)n(C2CCC(=O)NC2=O)c2cccc(C3CCN(CC4CCC(N5Cc6cc(NC(=O)c7cccc(C(F)(F)F)n7)c(N7CCOCC7)cc6C5=O)CC4)CC3)c21. The van der Waals surface area contributed by atoms with Crippen LogP contribution in [0.15, 0.2) is 53.3 Å². The molecule has 4 aromatic rings.